The minimum Gasteiger partial charge on any atom is -0.136 e. The summed E-state index contributed by atoms with van der Waals surface area (Å²) in [5.74, 6) is 0.0252. The molecule has 0 aliphatic rings. The van der Waals surface area contributed by atoms with Crippen LogP contribution in [0, 0.1) is 0 Å². The number of aromatic nitrogens is 2. The van der Waals surface area contributed by atoms with E-state index in [1.165, 1.54) is 65.6 Å². The second kappa shape index (κ2) is 9.03. The van der Waals surface area contributed by atoms with E-state index in [1.54, 1.807) is 0 Å². The third-order valence-corrected chi connectivity index (χ3v) is 9.13. The maximum atomic E-state index is 4.37. The number of allylic oxidation sites excluding steroid dienone is 1. The summed E-state index contributed by atoms with van der Waals surface area (Å²) in [4.78, 5) is 0. The molecular weight excluding hydrogens is 678 g/mol. The van der Waals surface area contributed by atoms with E-state index < -0.39 is 0 Å². The van der Waals surface area contributed by atoms with Crippen LogP contribution in [0.5, 0.6) is 0 Å². The Hall–Kier alpha value is -3.10. The summed E-state index contributed by atoms with van der Waals surface area (Å²) in [5.41, 5.74) is 6.19. The molecule has 0 fully saturated rings. The van der Waals surface area contributed by atoms with Crippen LogP contribution in [0.15, 0.2) is 122 Å². The molecule has 0 aliphatic heterocycles. The Morgan fingerprint density at radius 2 is 1.32 bits per heavy atom. The first-order valence-electron chi connectivity index (χ1n) is 12.3. The van der Waals surface area contributed by atoms with E-state index in [1.807, 2.05) is 0 Å². The molecule has 5 aromatic carbocycles. The van der Waals surface area contributed by atoms with Gasteiger partial charge in [0, 0.05) is 29.5 Å². The molecule has 0 bridgehead atoms. The SMILES string of the molecule is C=CC(c1ccccc1-c1cccc[n+]1I)c1ccc2ccc3cccc4c5ccc[n+](I)c5c1c2c34. The molecule has 0 saturated carbocycles. The average Bonchev–Trinajstić information content (AvgIpc) is 2.94. The average molecular weight is 700 g/mol. The standard InChI is InChI=1S/C33H22I2N2/c1-2-23(24-10-3-4-11-25(24)29-14-5-6-19-36(29)34)27-18-17-22-16-15-21-9-7-12-26-28-13-8-20-37(35)33(28)32(27)31(22)30(21)26/h2-20,23H,1H2/q+2. The molecule has 0 spiro atoms. The Labute approximate surface area is 243 Å². The zero-order valence-corrected chi connectivity index (χ0v) is 24.2. The summed E-state index contributed by atoms with van der Waals surface area (Å²) in [7, 11) is 0. The Balaban J connectivity index is 1.64. The van der Waals surface area contributed by atoms with E-state index in [9.17, 15) is 0 Å². The van der Waals surface area contributed by atoms with Gasteiger partial charge in [-0.25, -0.2) is 0 Å². The van der Waals surface area contributed by atoms with Crippen LogP contribution in [0.3, 0.4) is 0 Å². The summed E-state index contributed by atoms with van der Waals surface area (Å²) < 4.78 is 4.41. The fourth-order valence-corrected chi connectivity index (χ4v) is 7.24. The number of pyridine rings is 2. The molecule has 1 unspecified atom stereocenters. The van der Waals surface area contributed by atoms with E-state index in [0.29, 0.717) is 0 Å². The van der Waals surface area contributed by atoms with Crippen molar-refractivity contribution < 1.29 is 5.56 Å². The fourth-order valence-electron chi connectivity index (χ4n) is 5.94. The summed E-state index contributed by atoms with van der Waals surface area (Å²) in [5, 5.41) is 9.12. The summed E-state index contributed by atoms with van der Waals surface area (Å²) in [6.45, 7) is 4.37. The van der Waals surface area contributed by atoms with Crippen LogP contribution >= 0.6 is 45.7 Å². The van der Waals surface area contributed by atoms with Crippen LogP contribution in [-0.2, 0) is 0 Å². The van der Waals surface area contributed by atoms with Gasteiger partial charge in [0.05, 0.1) is 16.3 Å². The second-order valence-corrected chi connectivity index (χ2v) is 11.5. The fraction of sp³-hybridized carbons (Fsp3) is 0.0303. The van der Waals surface area contributed by atoms with Crippen molar-refractivity contribution in [1.29, 1.82) is 0 Å². The van der Waals surface area contributed by atoms with Gasteiger partial charge in [-0.1, -0.05) is 66.7 Å². The highest BCUT2D eigenvalue weighted by Gasteiger charge is 2.27. The normalized spacial score (nSPS) is 12.6. The lowest BCUT2D eigenvalue weighted by Crippen LogP contribution is -2.22. The van der Waals surface area contributed by atoms with Crippen molar-refractivity contribution in [1.82, 2.24) is 0 Å². The Kier molecular flexibility index (Phi) is 5.62. The van der Waals surface area contributed by atoms with Gasteiger partial charge in [-0.3, -0.25) is 0 Å². The predicted octanol–water partition coefficient (Wildman–Crippen LogP) is 8.69. The number of nitrogens with zero attached hydrogens (tertiary/aromatic N) is 2. The van der Waals surface area contributed by atoms with Crippen molar-refractivity contribution in [2.75, 3.05) is 0 Å². The first kappa shape index (κ1) is 23.0. The quantitative estimate of drug-likeness (QED) is 0.0752. The van der Waals surface area contributed by atoms with Crippen molar-refractivity contribution in [2.45, 2.75) is 5.92 Å². The van der Waals surface area contributed by atoms with Gasteiger partial charge in [0.15, 0.2) is 12.4 Å². The molecule has 37 heavy (non-hydrogen) atoms. The molecule has 1 atom stereocenters. The van der Waals surface area contributed by atoms with Crippen molar-refractivity contribution >= 4 is 88.9 Å². The van der Waals surface area contributed by atoms with Gasteiger partial charge >= 0.3 is 45.7 Å². The minimum atomic E-state index is 0.0252. The van der Waals surface area contributed by atoms with Crippen LogP contribution in [0.2, 0.25) is 0 Å². The summed E-state index contributed by atoms with van der Waals surface area (Å²) >= 11 is 4.80. The van der Waals surface area contributed by atoms with Gasteiger partial charge in [-0.2, -0.15) is 0 Å². The number of halogens is 2. The van der Waals surface area contributed by atoms with Gasteiger partial charge in [0.1, 0.15) is 0 Å². The highest BCUT2D eigenvalue weighted by atomic mass is 127. The lowest BCUT2D eigenvalue weighted by atomic mass is 9.81. The number of fused-ring (bicyclic) bond motifs is 3. The van der Waals surface area contributed by atoms with E-state index in [2.05, 4.69) is 173 Å². The summed E-state index contributed by atoms with van der Waals surface area (Å²) in [6.07, 6.45) is 6.35. The van der Waals surface area contributed by atoms with E-state index in [4.69, 9.17) is 0 Å². The summed E-state index contributed by atoms with van der Waals surface area (Å²) in [6, 6.07) is 35.3. The number of rotatable bonds is 4. The van der Waals surface area contributed by atoms with Gasteiger partial charge < -0.3 is 0 Å². The van der Waals surface area contributed by atoms with Crippen molar-refractivity contribution in [3.8, 4) is 11.3 Å². The molecule has 4 heteroatoms. The highest BCUT2D eigenvalue weighted by Crippen LogP contribution is 2.45. The topological polar surface area (TPSA) is 7.76 Å². The molecule has 2 aromatic heterocycles. The van der Waals surface area contributed by atoms with E-state index in [-0.39, 0.29) is 5.92 Å². The third-order valence-electron chi connectivity index (χ3n) is 7.49. The smallest absolute Gasteiger partial charge is 0.136 e. The zero-order chi connectivity index (χ0) is 25.1. The van der Waals surface area contributed by atoms with E-state index >= 15 is 0 Å². The minimum absolute atomic E-state index is 0.0252. The molecule has 7 rings (SSSR count). The predicted molar refractivity (Wildman–Crippen MR) is 171 cm³/mol. The Bertz CT molecular complexity index is 1990. The highest BCUT2D eigenvalue weighted by molar-refractivity contribution is 14.1. The number of hydrogen-bond donors (Lipinski definition) is 0. The molecule has 2 nitrogen and oxygen atoms in total. The first-order valence-corrected chi connectivity index (χ1v) is 14.2. The zero-order valence-electron chi connectivity index (χ0n) is 19.9. The Morgan fingerprint density at radius 1 is 0.595 bits per heavy atom. The molecule has 0 radical (unpaired) electrons. The molecule has 0 N–H and O–H groups in total. The van der Waals surface area contributed by atoms with Crippen LogP contribution in [0.25, 0.3) is 54.5 Å². The molecule has 0 aliphatic carbocycles. The van der Waals surface area contributed by atoms with Gasteiger partial charge in [0.2, 0.25) is 11.2 Å². The Morgan fingerprint density at radius 3 is 2.16 bits per heavy atom. The molecule has 0 amide bonds. The van der Waals surface area contributed by atoms with Crippen molar-refractivity contribution in [2.24, 2.45) is 0 Å². The monoisotopic (exact) mass is 700 g/mol. The van der Waals surface area contributed by atoms with Crippen LogP contribution in [0.4, 0.5) is 0 Å². The van der Waals surface area contributed by atoms with Gasteiger partial charge in [-0.15, -0.1) is 12.1 Å². The van der Waals surface area contributed by atoms with Crippen molar-refractivity contribution in [3.63, 3.8) is 0 Å². The lowest BCUT2D eigenvalue weighted by Gasteiger charge is -2.21. The van der Waals surface area contributed by atoms with Crippen LogP contribution in [-0.4, -0.2) is 0 Å². The molecule has 7 aromatic rings. The molecule has 0 saturated heterocycles. The largest absolute Gasteiger partial charge is 0.354 e. The van der Waals surface area contributed by atoms with Crippen LogP contribution in [0.1, 0.15) is 17.0 Å². The molecule has 2 heterocycles. The molecule has 176 valence electrons. The van der Waals surface area contributed by atoms with Crippen LogP contribution < -0.4 is 5.56 Å². The lowest BCUT2D eigenvalue weighted by molar-refractivity contribution is -0.427. The maximum absolute atomic E-state index is 4.37. The van der Waals surface area contributed by atoms with E-state index in [0.717, 1.165) is 0 Å². The molecular formula is C33H22I2N2+2. The maximum Gasteiger partial charge on any atom is 0.354 e. The van der Waals surface area contributed by atoms with Crippen molar-refractivity contribution in [3.05, 3.63) is 133 Å². The third kappa shape index (κ3) is 3.49. The van der Waals surface area contributed by atoms with Gasteiger partial charge in [0.25, 0.3) is 0 Å². The number of hydrogen-bond acceptors (Lipinski definition) is 0. The number of benzene rings is 5. The van der Waals surface area contributed by atoms with Gasteiger partial charge in [-0.05, 0) is 50.9 Å². The first-order chi connectivity index (χ1) is 18.2. The second-order valence-electron chi connectivity index (χ2n) is 9.38.